The van der Waals surface area contributed by atoms with Gasteiger partial charge in [-0.25, -0.2) is 0 Å². The van der Waals surface area contributed by atoms with Crippen molar-refractivity contribution in [3.05, 3.63) is 29.3 Å². The van der Waals surface area contributed by atoms with Crippen LogP contribution < -0.4 is 10.1 Å². The van der Waals surface area contributed by atoms with E-state index in [-0.39, 0.29) is 25.1 Å². The lowest BCUT2D eigenvalue weighted by Crippen LogP contribution is -2.42. The van der Waals surface area contributed by atoms with Crippen LogP contribution >= 0.6 is 0 Å². The number of hydrogen-bond donors (Lipinski definition) is 2. The molecule has 2 N–H and O–H groups in total. The fourth-order valence-corrected chi connectivity index (χ4v) is 2.30. The Labute approximate surface area is 133 Å². The van der Waals surface area contributed by atoms with Gasteiger partial charge >= 0.3 is 0 Å². The normalized spacial score (nSPS) is 12.5. The Morgan fingerprint density at radius 3 is 2.45 bits per heavy atom. The summed E-state index contributed by atoms with van der Waals surface area (Å²) in [4.78, 5) is 13.4. The molecular weight excluding hydrogens is 280 g/mol. The smallest absolute Gasteiger partial charge is 0.234 e. The van der Waals surface area contributed by atoms with Gasteiger partial charge in [-0.15, -0.1) is 0 Å². The van der Waals surface area contributed by atoms with Crippen molar-refractivity contribution in [1.29, 1.82) is 0 Å². The first kappa shape index (κ1) is 18.5. The van der Waals surface area contributed by atoms with Gasteiger partial charge < -0.3 is 15.2 Å². The van der Waals surface area contributed by atoms with Crippen LogP contribution in [0.5, 0.6) is 5.75 Å². The molecule has 1 unspecified atom stereocenters. The standard InChI is InChI=1S/C17H28N2O3/c1-12(2)18-16(21)10-19(5)9-15(20)11-22-17-13(3)7-6-8-14(17)4/h6-8,12,15,20H,9-11H2,1-5H3,(H,18,21). The van der Waals surface area contributed by atoms with E-state index in [4.69, 9.17) is 4.74 Å². The van der Waals surface area contributed by atoms with Gasteiger partial charge in [0.1, 0.15) is 18.5 Å². The molecule has 0 saturated heterocycles. The second-order valence-electron chi connectivity index (χ2n) is 6.10. The predicted molar refractivity (Wildman–Crippen MR) is 88.2 cm³/mol. The van der Waals surface area contributed by atoms with E-state index in [2.05, 4.69) is 5.32 Å². The summed E-state index contributed by atoms with van der Waals surface area (Å²) >= 11 is 0. The van der Waals surface area contributed by atoms with Crippen LogP contribution in [0, 0.1) is 13.8 Å². The molecule has 0 radical (unpaired) electrons. The summed E-state index contributed by atoms with van der Waals surface area (Å²) in [5.74, 6) is 0.780. The number of rotatable bonds is 8. The summed E-state index contributed by atoms with van der Waals surface area (Å²) in [6, 6.07) is 6.07. The third kappa shape index (κ3) is 6.45. The molecule has 0 heterocycles. The molecule has 22 heavy (non-hydrogen) atoms. The summed E-state index contributed by atoms with van der Waals surface area (Å²) in [7, 11) is 1.81. The molecule has 0 bridgehead atoms. The van der Waals surface area contributed by atoms with Crippen molar-refractivity contribution in [3.8, 4) is 5.75 Å². The number of ether oxygens (including phenoxy) is 1. The van der Waals surface area contributed by atoms with E-state index in [1.165, 1.54) is 0 Å². The lowest BCUT2D eigenvalue weighted by atomic mass is 10.1. The Balaban J connectivity index is 2.40. The van der Waals surface area contributed by atoms with E-state index in [9.17, 15) is 9.90 Å². The molecule has 0 aliphatic rings. The summed E-state index contributed by atoms with van der Waals surface area (Å²) in [5.41, 5.74) is 2.11. The van der Waals surface area contributed by atoms with Gasteiger partial charge in [0.25, 0.3) is 0 Å². The summed E-state index contributed by atoms with van der Waals surface area (Å²) in [5, 5.41) is 12.9. The molecule has 1 aromatic carbocycles. The van der Waals surface area contributed by atoms with Gasteiger partial charge in [0.15, 0.2) is 0 Å². The first-order valence-corrected chi connectivity index (χ1v) is 7.64. The van der Waals surface area contributed by atoms with Gasteiger partial charge in [-0.3, -0.25) is 9.69 Å². The second kappa shape index (κ2) is 8.76. The van der Waals surface area contributed by atoms with E-state index < -0.39 is 6.10 Å². The molecule has 0 fully saturated rings. The highest BCUT2D eigenvalue weighted by atomic mass is 16.5. The van der Waals surface area contributed by atoms with E-state index in [0.29, 0.717) is 6.54 Å². The largest absolute Gasteiger partial charge is 0.490 e. The first-order valence-electron chi connectivity index (χ1n) is 7.64. The zero-order chi connectivity index (χ0) is 16.7. The van der Waals surface area contributed by atoms with Gasteiger partial charge in [0, 0.05) is 12.6 Å². The number of likely N-dealkylation sites (N-methyl/N-ethyl adjacent to an activating group) is 1. The van der Waals surface area contributed by atoms with Crippen LogP contribution in [0.4, 0.5) is 0 Å². The van der Waals surface area contributed by atoms with Crippen LogP contribution in [0.25, 0.3) is 0 Å². The van der Waals surface area contributed by atoms with Crippen molar-refractivity contribution in [2.45, 2.75) is 39.8 Å². The Kier molecular flexibility index (Phi) is 7.35. The van der Waals surface area contributed by atoms with Crippen molar-refractivity contribution in [1.82, 2.24) is 10.2 Å². The number of carbonyl (C=O) groups excluding carboxylic acids is 1. The number of aliphatic hydroxyl groups excluding tert-OH is 1. The van der Waals surface area contributed by atoms with Crippen LogP contribution in [0.2, 0.25) is 0 Å². The van der Waals surface area contributed by atoms with E-state index in [0.717, 1.165) is 16.9 Å². The molecule has 1 atom stereocenters. The number of benzene rings is 1. The minimum absolute atomic E-state index is 0.0413. The lowest BCUT2D eigenvalue weighted by molar-refractivity contribution is -0.122. The Bertz CT molecular complexity index is 469. The molecule has 1 aromatic rings. The van der Waals surface area contributed by atoms with Crippen molar-refractivity contribution in [2.75, 3.05) is 26.7 Å². The number of carbonyl (C=O) groups is 1. The topological polar surface area (TPSA) is 61.8 Å². The predicted octanol–water partition coefficient (Wildman–Crippen LogP) is 1.50. The van der Waals surface area contributed by atoms with Gasteiger partial charge in [-0.2, -0.15) is 0 Å². The maximum Gasteiger partial charge on any atom is 0.234 e. The van der Waals surface area contributed by atoms with Crippen LogP contribution in [-0.4, -0.2) is 54.8 Å². The maximum absolute atomic E-state index is 11.6. The zero-order valence-corrected chi connectivity index (χ0v) is 14.2. The second-order valence-corrected chi connectivity index (χ2v) is 6.10. The van der Waals surface area contributed by atoms with Gasteiger partial charge in [0.2, 0.25) is 5.91 Å². The minimum atomic E-state index is -0.643. The molecule has 0 aliphatic carbocycles. The number of hydrogen-bond acceptors (Lipinski definition) is 4. The summed E-state index contributed by atoms with van der Waals surface area (Å²) in [6.07, 6.45) is -0.643. The average Bonchev–Trinajstić information content (AvgIpc) is 2.36. The Morgan fingerprint density at radius 2 is 1.91 bits per heavy atom. The lowest BCUT2D eigenvalue weighted by Gasteiger charge is -2.21. The number of amides is 1. The molecule has 124 valence electrons. The first-order chi connectivity index (χ1) is 10.3. The van der Waals surface area contributed by atoms with Crippen LogP contribution in [0.1, 0.15) is 25.0 Å². The fourth-order valence-electron chi connectivity index (χ4n) is 2.30. The maximum atomic E-state index is 11.6. The van der Waals surface area contributed by atoms with Crippen LogP contribution in [0.3, 0.4) is 0 Å². The fraction of sp³-hybridized carbons (Fsp3) is 0.588. The van der Waals surface area contributed by atoms with Gasteiger partial charge in [-0.05, 0) is 45.9 Å². The molecule has 0 spiro atoms. The highest BCUT2D eigenvalue weighted by molar-refractivity contribution is 5.78. The third-order valence-corrected chi connectivity index (χ3v) is 3.21. The van der Waals surface area contributed by atoms with Crippen molar-refractivity contribution < 1.29 is 14.6 Å². The zero-order valence-electron chi connectivity index (χ0n) is 14.2. The van der Waals surface area contributed by atoms with Crippen molar-refractivity contribution in [2.24, 2.45) is 0 Å². The van der Waals surface area contributed by atoms with Crippen LogP contribution in [-0.2, 0) is 4.79 Å². The Morgan fingerprint density at radius 1 is 1.32 bits per heavy atom. The molecule has 1 amide bonds. The highest BCUT2D eigenvalue weighted by Gasteiger charge is 2.13. The van der Waals surface area contributed by atoms with Gasteiger partial charge in [0.05, 0.1) is 6.54 Å². The highest BCUT2D eigenvalue weighted by Crippen LogP contribution is 2.22. The number of nitrogens with one attached hydrogen (secondary N) is 1. The summed E-state index contributed by atoms with van der Waals surface area (Å²) < 4.78 is 5.72. The van der Waals surface area contributed by atoms with Crippen molar-refractivity contribution >= 4 is 5.91 Å². The number of nitrogens with zero attached hydrogens (tertiary/aromatic N) is 1. The molecule has 5 heteroatoms. The van der Waals surface area contributed by atoms with E-state index >= 15 is 0 Å². The van der Waals surface area contributed by atoms with E-state index in [1.807, 2.05) is 52.9 Å². The van der Waals surface area contributed by atoms with Crippen LogP contribution in [0.15, 0.2) is 18.2 Å². The number of aliphatic hydroxyl groups is 1. The number of aryl methyl sites for hydroxylation is 2. The minimum Gasteiger partial charge on any atom is -0.490 e. The van der Waals surface area contributed by atoms with Crippen molar-refractivity contribution in [3.63, 3.8) is 0 Å². The monoisotopic (exact) mass is 308 g/mol. The number of para-hydroxylation sites is 1. The third-order valence-electron chi connectivity index (χ3n) is 3.21. The Hall–Kier alpha value is -1.59. The SMILES string of the molecule is Cc1cccc(C)c1OCC(O)CN(C)CC(=O)NC(C)C. The average molecular weight is 308 g/mol. The molecule has 0 aliphatic heterocycles. The molecule has 0 saturated carbocycles. The van der Waals surface area contributed by atoms with Gasteiger partial charge in [-0.1, -0.05) is 18.2 Å². The molecule has 1 rings (SSSR count). The molecule has 5 nitrogen and oxygen atoms in total. The molecule has 0 aromatic heterocycles. The summed E-state index contributed by atoms with van der Waals surface area (Å²) in [6.45, 7) is 8.67. The quantitative estimate of drug-likeness (QED) is 0.764. The molecular formula is C17H28N2O3. The van der Waals surface area contributed by atoms with E-state index in [1.54, 1.807) is 4.90 Å².